The number of halogens is 1. The van der Waals surface area contributed by atoms with Crippen LogP contribution in [0, 0.1) is 0 Å². The molecule has 1 heterocycles. The van der Waals surface area contributed by atoms with Crippen molar-refractivity contribution >= 4 is 21.9 Å². The molecule has 4 heteroatoms. The van der Waals surface area contributed by atoms with Gasteiger partial charge in [-0.15, -0.1) is 0 Å². The van der Waals surface area contributed by atoms with E-state index in [1.165, 1.54) is 5.56 Å². The first kappa shape index (κ1) is 13.9. The molecule has 0 radical (unpaired) electrons. The topological polar surface area (TPSA) is 42.1 Å². The number of hydrogen-bond donors (Lipinski definition) is 1. The van der Waals surface area contributed by atoms with Crippen LogP contribution in [-0.2, 0) is 17.6 Å². The number of rotatable bonds is 5. The Bertz CT molecular complexity index is 546. The number of esters is 1. The zero-order valence-corrected chi connectivity index (χ0v) is 12.4. The molecule has 0 amide bonds. The summed E-state index contributed by atoms with van der Waals surface area (Å²) in [6.45, 7) is 2.20. The van der Waals surface area contributed by atoms with Crippen molar-refractivity contribution in [2.24, 2.45) is 0 Å². The van der Waals surface area contributed by atoms with Crippen LogP contribution in [0.4, 0.5) is 0 Å². The molecule has 0 aliphatic heterocycles. The number of carbonyl (C=O) groups is 1. The number of carbonyl (C=O) groups excluding carboxylic acids is 1. The number of H-pyrrole nitrogens is 1. The van der Waals surface area contributed by atoms with Crippen molar-refractivity contribution in [3.63, 3.8) is 0 Å². The summed E-state index contributed by atoms with van der Waals surface area (Å²) in [5.41, 5.74) is 2.92. The molecule has 3 nitrogen and oxygen atoms in total. The third-order valence-corrected chi connectivity index (χ3v) is 3.38. The Hall–Kier alpha value is -1.55. The van der Waals surface area contributed by atoms with Crippen LogP contribution in [0.15, 0.2) is 41.0 Å². The SMILES string of the molecule is CCOC(=O)c1cc(CCc2ccc(Br)cc2)c[nH]1. The highest BCUT2D eigenvalue weighted by atomic mass is 79.9. The highest BCUT2D eigenvalue weighted by molar-refractivity contribution is 9.10. The summed E-state index contributed by atoms with van der Waals surface area (Å²) < 4.78 is 6.03. The molecule has 1 aromatic heterocycles. The summed E-state index contributed by atoms with van der Waals surface area (Å²) in [5.74, 6) is -0.294. The lowest BCUT2D eigenvalue weighted by atomic mass is 10.1. The molecule has 1 N–H and O–H groups in total. The number of aromatic amines is 1. The van der Waals surface area contributed by atoms with Crippen LogP contribution in [0.25, 0.3) is 0 Å². The molecule has 19 heavy (non-hydrogen) atoms. The van der Waals surface area contributed by atoms with Gasteiger partial charge in [0, 0.05) is 10.7 Å². The van der Waals surface area contributed by atoms with E-state index in [0.29, 0.717) is 12.3 Å². The fourth-order valence-corrected chi connectivity index (χ4v) is 2.11. The smallest absolute Gasteiger partial charge is 0.354 e. The average Bonchev–Trinajstić information content (AvgIpc) is 2.87. The second-order valence-electron chi connectivity index (χ2n) is 4.27. The molecule has 0 fully saturated rings. The van der Waals surface area contributed by atoms with E-state index < -0.39 is 0 Å². The van der Waals surface area contributed by atoms with Crippen LogP contribution in [0.5, 0.6) is 0 Å². The molecule has 0 aliphatic rings. The van der Waals surface area contributed by atoms with Gasteiger partial charge in [0.1, 0.15) is 5.69 Å². The number of ether oxygens (including phenoxy) is 1. The predicted octanol–water partition coefficient (Wildman–Crippen LogP) is 3.74. The second-order valence-corrected chi connectivity index (χ2v) is 5.18. The molecule has 0 aliphatic carbocycles. The van der Waals surface area contributed by atoms with Crippen LogP contribution in [0.3, 0.4) is 0 Å². The molecule has 1 aromatic carbocycles. The molecule has 0 saturated carbocycles. The summed E-state index contributed by atoms with van der Waals surface area (Å²) in [4.78, 5) is 14.5. The predicted molar refractivity (Wildman–Crippen MR) is 78.3 cm³/mol. The van der Waals surface area contributed by atoms with Gasteiger partial charge in [-0.3, -0.25) is 0 Å². The van der Waals surface area contributed by atoms with Gasteiger partial charge >= 0.3 is 5.97 Å². The first-order chi connectivity index (χ1) is 9.19. The molecule has 0 spiro atoms. The minimum absolute atomic E-state index is 0.294. The third-order valence-electron chi connectivity index (χ3n) is 2.85. The fraction of sp³-hybridized carbons (Fsp3) is 0.267. The summed E-state index contributed by atoms with van der Waals surface area (Å²) in [6.07, 6.45) is 3.72. The number of hydrogen-bond acceptors (Lipinski definition) is 2. The molecular formula is C15H16BrNO2. The van der Waals surface area contributed by atoms with Gasteiger partial charge in [0.05, 0.1) is 6.61 Å². The summed E-state index contributed by atoms with van der Waals surface area (Å²) in [6, 6.07) is 10.1. The van der Waals surface area contributed by atoms with Gasteiger partial charge in [0.15, 0.2) is 0 Å². The van der Waals surface area contributed by atoms with Crippen molar-refractivity contribution < 1.29 is 9.53 Å². The van der Waals surface area contributed by atoms with Crippen molar-refractivity contribution in [3.05, 3.63) is 57.8 Å². The van der Waals surface area contributed by atoms with Gasteiger partial charge in [0.2, 0.25) is 0 Å². The van der Waals surface area contributed by atoms with Crippen molar-refractivity contribution in [2.45, 2.75) is 19.8 Å². The Morgan fingerprint density at radius 1 is 1.21 bits per heavy atom. The fourth-order valence-electron chi connectivity index (χ4n) is 1.85. The highest BCUT2D eigenvalue weighted by Crippen LogP contribution is 2.13. The summed E-state index contributed by atoms with van der Waals surface area (Å²) >= 11 is 3.42. The molecular weight excluding hydrogens is 306 g/mol. The van der Waals surface area contributed by atoms with Crippen LogP contribution < -0.4 is 0 Å². The van der Waals surface area contributed by atoms with Gasteiger partial charge < -0.3 is 9.72 Å². The maximum atomic E-state index is 11.5. The zero-order chi connectivity index (χ0) is 13.7. The van der Waals surface area contributed by atoms with Crippen molar-refractivity contribution in [1.82, 2.24) is 4.98 Å². The quantitative estimate of drug-likeness (QED) is 0.852. The van der Waals surface area contributed by atoms with Crippen molar-refractivity contribution in [3.8, 4) is 0 Å². The molecule has 2 rings (SSSR count). The van der Waals surface area contributed by atoms with E-state index >= 15 is 0 Å². The normalized spacial score (nSPS) is 10.4. The van der Waals surface area contributed by atoms with Gasteiger partial charge in [-0.05, 0) is 49.1 Å². The first-order valence-corrected chi connectivity index (χ1v) is 7.07. The second kappa shape index (κ2) is 6.57. The van der Waals surface area contributed by atoms with Crippen LogP contribution in [0.2, 0.25) is 0 Å². The lowest BCUT2D eigenvalue weighted by molar-refractivity contribution is 0.0520. The first-order valence-electron chi connectivity index (χ1n) is 6.28. The summed E-state index contributed by atoms with van der Waals surface area (Å²) in [5, 5.41) is 0. The Kier molecular flexibility index (Phi) is 4.80. The third kappa shape index (κ3) is 3.96. The average molecular weight is 322 g/mol. The van der Waals surface area contributed by atoms with Crippen molar-refractivity contribution in [1.29, 1.82) is 0 Å². The zero-order valence-electron chi connectivity index (χ0n) is 10.8. The maximum Gasteiger partial charge on any atom is 0.354 e. The molecule has 100 valence electrons. The highest BCUT2D eigenvalue weighted by Gasteiger charge is 2.09. The molecule has 0 atom stereocenters. The summed E-state index contributed by atoms with van der Waals surface area (Å²) in [7, 11) is 0. The maximum absolute atomic E-state index is 11.5. The van der Waals surface area contributed by atoms with Gasteiger partial charge in [-0.1, -0.05) is 28.1 Å². The molecule has 0 saturated heterocycles. The van der Waals surface area contributed by atoms with E-state index in [4.69, 9.17) is 4.74 Å². The van der Waals surface area contributed by atoms with Crippen LogP contribution >= 0.6 is 15.9 Å². The number of aryl methyl sites for hydroxylation is 2. The Balaban J connectivity index is 1.93. The van der Waals surface area contributed by atoms with Crippen molar-refractivity contribution in [2.75, 3.05) is 6.61 Å². The number of nitrogens with one attached hydrogen (secondary N) is 1. The van der Waals surface area contributed by atoms with E-state index in [1.54, 1.807) is 6.92 Å². The van der Waals surface area contributed by atoms with Gasteiger partial charge in [-0.2, -0.15) is 0 Å². The minimum atomic E-state index is -0.294. The number of benzene rings is 1. The monoisotopic (exact) mass is 321 g/mol. The number of aromatic nitrogens is 1. The van der Waals surface area contributed by atoms with Gasteiger partial charge in [0.25, 0.3) is 0 Å². The molecule has 2 aromatic rings. The van der Waals surface area contributed by atoms with Gasteiger partial charge in [-0.25, -0.2) is 4.79 Å². The van der Waals surface area contributed by atoms with E-state index in [0.717, 1.165) is 22.9 Å². The lowest BCUT2D eigenvalue weighted by Crippen LogP contribution is -2.04. The van der Waals surface area contributed by atoms with E-state index in [1.807, 2.05) is 24.4 Å². The largest absolute Gasteiger partial charge is 0.461 e. The molecule has 0 unspecified atom stereocenters. The molecule has 0 bridgehead atoms. The van der Waals surface area contributed by atoms with Crippen LogP contribution in [-0.4, -0.2) is 17.6 Å². The van der Waals surface area contributed by atoms with Crippen LogP contribution in [0.1, 0.15) is 28.5 Å². The Labute approximate surface area is 121 Å². The standard InChI is InChI=1S/C15H16BrNO2/c1-2-19-15(18)14-9-12(10-17-14)4-3-11-5-7-13(16)8-6-11/h5-10,17H,2-4H2,1H3. The minimum Gasteiger partial charge on any atom is -0.461 e. The Morgan fingerprint density at radius 3 is 2.58 bits per heavy atom. The lowest BCUT2D eigenvalue weighted by Gasteiger charge is -2.00. The van der Waals surface area contributed by atoms with E-state index in [2.05, 4.69) is 33.0 Å². The van der Waals surface area contributed by atoms with E-state index in [-0.39, 0.29) is 5.97 Å². The van der Waals surface area contributed by atoms with E-state index in [9.17, 15) is 4.79 Å². The Morgan fingerprint density at radius 2 is 1.89 bits per heavy atom.